The van der Waals surface area contributed by atoms with Gasteiger partial charge in [0.15, 0.2) is 0 Å². The smallest absolute Gasteiger partial charge is 0.244 e. The third-order valence-corrected chi connectivity index (χ3v) is 7.68. The Bertz CT molecular complexity index is 837. The molecule has 1 fully saturated rings. The summed E-state index contributed by atoms with van der Waals surface area (Å²) in [7, 11) is -1.95. The van der Waals surface area contributed by atoms with Crippen LogP contribution in [0.1, 0.15) is 16.5 Å². The van der Waals surface area contributed by atoms with Crippen LogP contribution < -0.4 is 4.74 Å². The lowest BCUT2D eigenvalue weighted by atomic mass is 10.2. The first kappa shape index (κ1) is 17.8. The number of nitrogens with zero attached hydrogens (tertiary/aromatic N) is 1. The van der Waals surface area contributed by atoms with E-state index in [9.17, 15) is 8.42 Å². The van der Waals surface area contributed by atoms with E-state index in [2.05, 4.69) is 15.9 Å². The first-order chi connectivity index (χ1) is 11.4. The van der Waals surface area contributed by atoms with E-state index >= 15 is 0 Å². The van der Waals surface area contributed by atoms with E-state index in [1.54, 1.807) is 35.3 Å². The van der Waals surface area contributed by atoms with Gasteiger partial charge in [-0.05, 0) is 37.3 Å². The first-order valence-electron chi connectivity index (χ1n) is 7.47. The Morgan fingerprint density at radius 1 is 1.21 bits per heavy atom. The Labute approximate surface area is 155 Å². The maximum Gasteiger partial charge on any atom is 0.244 e. The van der Waals surface area contributed by atoms with Gasteiger partial charge in [-0.15, -0.1) is 11.8 Å². The zero-order valence-electron chi connectivity index (χ0n) is 13.4. The number of ether oxygens (including phenoxy) is 1. The highest BCUT2D eigenvalue weighted by molar-refractivity contribution is 9.10. The van der Waals surface area contributed by atoms with Crippen LogP contribution in [-0.4, -0.2) is 32.1 Å². The lowest BCUT2D eigenvalue weighted by molar-refractivity contribution is 0.390. The van der Waals surface area contributed by atoms with Gasteiger partial charge in [-0.1, -0.05) is 33.6 Å². The van der Waals surface area contributed by atoms with Gasteiger partial charge < -0.3 is 4.74 Å². The molecular weight excluding hydrogens is 410 g/mol. The van der Waals surface area contributed by atoms with Crippen LogP contribution in [-0.2, 0) is 10.0 Å². The van der Waals surface area contributed by atoms with Crippen LogP contribution in [0.5, 0.6) is 5.75 Å². The van der Waals surface area contributed by atoms with Gasteiger partial charge in [-0.25, -0.2) is 8.42 Å². The topological polar surface area (TPSA) is 46.6 Å². The van der Waals surface area contributed by atoms with Crippen LogP contribution in [0.2, 0.25) is 0 Å². The lowest BCUT2D eigenvalue weighted by Gasteiger charge is -2.25. The summed E-state index contributed by atoms with van der Waals surface area (Å²) >= 11 is 5.08. The molecule has 4 nitrogen and oxygen atoms in total. The molecule has 0 amide bonds. The molecule has 1 saturated heterocycles. The van der Waals surface area contributed by atoms with E-state index in [-0.39, 0.29) is 5.37 Å². The molecule has 0 bridgehead atoms. The van der Waals surface area contributed by atoms with Gasteiger partial charge >= 0.3 is 0 Å². The highest BCUT2D eigenvalue weighted by atomic mass is 79.9. The number of rotatable bonds is 4. The van der Waals surface area contributed by atoms with Crippen molar-refractivity contribution in [3.63, 3.8) is 0 Å². The van der Waals surface area contributed by atoms with E-state index < -0.39 is 10.0 Å². The molecule has 2 aromatic carbocycles. The summed E-state index contributed by atoms with van der Waals surface area (Å²) in [5.74, 6) is 1.45. The van der Waals surface area contributed by atoms with Crippen molar-refractivity contribution in [1.82, 2.24) is 4.31 Å². The normalized spacial score (nSPS) is 18.7. The van der Waals surface area contributed by atoms with E-state index in [0.717, 1.165) is 21.4 Å². The van der Waals surface area contributed by atoms with Crippen molar-refractivity contribution in [2.75, 3.05) is 19.4 Å². The van der Waals surface area contributed by atoms with Crippen LogP contribution in [0, 0.1) is 6.92 Å². The van der Waals surface area contributed by atoms with E-state index in [0.29, 0.717) is 17.2 Å². The average Bonchev–Trinajstić information content (AvgIpc) is 3.05. The van der Waals surface area contributed by atoms with Gasteiger partial charge in [0.1, 0.15) is 5.75 Å². The number of thioether (sulfide) groups is 1. The summed E-state index contributed by atoms with van der Waals surface area (Å²) in [6.45, 7) is 2.43. The molecule has 0 N–H and O–H groups in total. The highest BCUT2D eigenvalue weighted by Gasteiger charge is 2.38. The molecule has 1 aliphatic heterocycles. The number of hydrogen-bond donors (Lipinski definition) is 0. The molecule has 128 valence electrons. The standard InChI is InChI=1S/C17H18BrNO3S2/c1-12-3-6-14(7-4-12)24(20,21)19-9-10-23-17(19)15-11-13(18)5-8-16(15)22-2/h3-8,11,17H,9-10H2,1-2H3/t17-/m1/s1. The van der Waals surface area contributed by atoms with Crippen molar-refractivity contribution in [2.24, 2.45) is 0 Å². The van der Waals surface area contributed by atoms with Crippen molar-refractivity contribution in [3.8, 4) is 5.75 Å². The van der Waals surface area contributed by atoms with Gasteiger partial charge in [0.05, 0.1) is 17.4 Å². The van der Waals surface area contributed by atoms with Crippen molar-refractivity contribution in [1.29, 1.82) is 0 Å². The molecule has 7 heteroatoms. The lowest BCUT2D eigenvalue weighted by Crippen LogP contribution is -2.30. The number of benzene rings is 2. The summed E-state index contributed by atoms with van der Waals surface area (Å²) in [6.07, 6.45) is 0. The minimum absolute atomic E-state index is 0.288. The summed E-state index contributed by atoms with van der Waals surface area (Å²) in [5, 5.41) is -0.288. The number of hydrogen-bond acceptors (Lipinski definition) is 4. The minimum atomic E-state index is -3.55. The Kier molecular flexibility index (Phi) is 5.24. The fourth-order valence-corrected chi connectivity index (χ4v) is 6.32. The molecule has 0 radical (unpaired) electrons. The Hall–Kier alpha value is -1.02. The molecule has 0 unspecified atom stereocenters. The summed E-state index contributed by atoms with van der Waals surface area (Å²) < 4.78 is 34.1. The Morgan fingerprint density at radius 2 is 1.92 bits per heavy atom. The molecule has 2 aromatic rings. The maximum absolute atomic E-state index is 13.1. The number of aryl methyl sites for hydroxylation is 1. The first-order valence-corrected chi connectivity index (χ1v) is 10.8. The van der Waals surface area contributed by atoms with Gasteiger partial charge in [0.2, 0.25) is 10.0 Å². The molecule has 0 spiro atoms. The number of halogens is 1. The molecule has 0 aliphatic carbocycles. The largest absolute Gasteiger partial charge is 0.496 e. The van der Waals surface area contributed by atoms with Gasteiger partial charge in [0.25, 0.3) is 0 Å². The van der Waals surface area contributed by atoms with Crippen molar-refractivity contribution < 1.29 is 13.2 Å². The second-order valence-electron chi connectivity index (χ2n) is 5.54. The van der Waals surface area contributed by atoms with Gasteiger partial charge in [-0.3, -0.25) is 0 Å². The van der Waals surface area contributed by atoms with Crippen LogP contribution in [0.25, 0.3) is 0 Å². The third kappa shape index (κ3) is 3.35. The molecule has 1 heterocycles. The molecule has 3 rings (SSSR count). The fourth-order valence-electron chi connectivity index (χ4n) is 2.69. The Morgan fingerprint density at radius 3 is 2.58 bits per heavy atom. The second-order valence-corrected chi connectivity index (χ2v) is 9.53. The number of sulfonamides is 1. The van der Waals surface area contributed by atoms with E-state index in [1.165, 1.54) is 0 Å². The Balaban J connectivity index is 2.02. The zero-order chi connectivity index (χ0) is 17.3. The van der Waals surface area contributed by atoms with Gasteiger partial charge in [0, 0.05) is 22.3 Å². The summed E-state index contributed by atoms with van der Waals surface area (Å²) in [4.78, 5) is 0.328. The maximum atomic E-state index is 13.1. The fraction of sp³-hybridized carbons (Fsp3) is 0.294. The van der Waals surface area contributed by atoms with Crippen molar-refractivity contribution in [3.05, 3.63) is 58.1 Å². The van der Waals surface area contributed by atoms with E-state index in [4.69, 9.17) is 4.74 Å². The predicted octanol–water partition coefficient (Wildman–Crippen LogP) is 4.20. The van der Waals surface area contributed by atoms with Crippen LogP contribution in [0.15, 0.2) is 51.8 Å². The highest BCUT2D eigenvalue weighted by Crippen LogP contribution is 2.45. The van der Waals surface area contributed by atoms with Crippen molar-refractivity contribution >= 4 is 37.7 Å². The molecule has 1 aliphatic rings. The summed E-state index contributed by atoms with van der Waals surface area (Å²) in [6, 6.07) is 12.7. The zero-order valence-corrected chi connectivity index (χ0v) is 16.6. The monoisotopic (exact) mass is 427 g/mol. The second kappa shape index (κ2) is 7.07. The van der Waals surface area contributed by atoms with E-state index in [1.807, 2.05) is 37.3 Å². The van der Waals surface area contributed by atoms with Crippen LogP contribution in [0.4, 0.5) is 0 Å². The predicted molar refractivity (Wildman–Crippen MR) is 101 cm³/mol. The molecule has 0 aromatic heterocycles. The summed E-state index contributed by atoms with van der Waals surface area (Å²) in [5.41, 5.74) is 1.90. The SMILES string of the molecule is COc1ccc(Br)cc1[C@H]1SCCN1S(=O)(=O)c1ccc(C)cc1. The number of methoxy groups -OCH3 is 1. The molecular formula is C17H18BrNO3S2. The quantitative estimate of drug-likeness (QED) is 0.733. The van der Waals surface area contributed by atoms with Crippen molar-refractivity contribution in [2.45, 2.75) is 17.2 Å². The molecule has 0 saturated carbocycles. The van der Waals surface area contributed by atoms with Gasteiger partial charge in [-0.2, -0.15) is 4.31 Å². The minimum Gasteiger partial charge on any atom is -0.496 e. The third-order valence-electron chi connectivity index (χ3n) is 3.93. The molecule has 24 heavy (non-hydrogen) atoms. The average molecular weight is 428 g/mol. The molecule has 1 atom stereocenters. The van der Waals surface area contributed by atoms with Crippen LogP contribution >= 0.6 is 27.7 Å². The van der Waals surface area contributed by atoms with Crippen LogP contribution in [0.3, 0.4) is 0 Å².